The fraction of sp³-hybridized carbons (Fsp3) is 0.143. The maximum Gasteiger partial charge on any atom is 0.0982 e. The van der Waals surface area contributed by atoms with Crippen molar-refractivity contribution in [3.8, 4) is 0 Å². The Hall–Kier alpha value is -1.64. The van der Waals surface area contributed by atoms with Gasteiger partial charge >= 0.3 is 0 Å². The second-order valence-corrected chi connectivity index (χ2v) is 3.79. The summed E-state index contributed by atoms with van der Waals surface area (Å²) < 4.78 is 0. The lowest BCUT2D eigenvalue weighted by molar-refractivity contribution is 0.147. The molecule has 0 radical (unpaired) electrons. The van der Waals surface area contributed by atoms with Gasteiger partial charge in [0.1, 0.15) is 0 Å². The summed E-state index contributed by atoms with van der Waals surface area (Å²) in [5.74, 6) is 0. The number of hydrogen-bond acceptors (Lipinski definition) is 2. The van der Waals surface area contributed by atoms with E-state index in [-0.39, 0.29) is 6.04 Å². The number of benzene rings is 2. The summed E-state index contributed by atoms with van der Waals surface area (Å²) >= 11 is 0. The molecule has 0 saturated heterocycles. The molecule has 2 heteroatoms. The van der Waals surface area contributed by atoms with Crippen molar-refractivity contribution in [1.29, 1.82) is 0 Å². The van der Waals surface area contributed by atoms with Gasteiger partial charge in [0.25, 0.3) is 0 Å². The lowest BCUT2D eigenvalue weighted by atomic mass is 9.97. The molecular weight excluding hydrogens is 198 g/mol. The Kier molecular flexibility index (Phi) is 3.34. The van der Waals surface area contributed by atoms with Crippen LogP contribution in [-0.4, -0.2) is 5.11 Å². The first-order valence-corrected chi connectivity index (χ1v) is 5.32. The molecule has 0 aliphatic heterocycles. The average Bonchev–Trinajstić information content (AvgIpc) is 2.39. The molecule has 0 aromatic heterocycles. The van der Waals surface area contributed by atoms with Crippen LogP contribution >= 0.6 is 0 Å². The zero-order valence-electron chi connectivity index (χ0n) is 8.95. The van der Waals surface area contributed by atoms with Crippen molar-refractivity contribution in [3.05, 3.63) is 71.8 Å². The smallest absolute Gasteiger partial charge is 0.0982 e. The van der Waals surface area contributed by atoms with Gasteiger partial charge in [0.15, 0.2) is 0 Å². The first-order valence-electron chi connectivity index (χ1n) is 5.32. The van der Waals surface area contributed by atoms with Crippen molar-refractivity contribution >= 4 is 0 Å². The van der Waals surface area contributed by atoms with Gasteiger partial charge in [-0.25, -0.2) is 0 Å². The van der Waals surface area contributed by atoms with Crippen molar-refractivity contribution < 1.29 is 5.11 Å². The molecule has 2 rings (SSSR count). The highest BCUT2D eigenvalue weighted by atomic mass is 16.3. The summed E-state index contributed by atoms with van der Waals surface area (Å²) in [5.41, 5.74) is 7.81. The van der Waals surface area contributed by atoms with E-state index in [9.17, 15) is 5.11 Å². The molecule has 16 heavy (non-hydrogen) atoms. The molecule has 2 aromatic rings. The van der Waals surface area contributed by atoms with Gasteiger partial charge in [0.05, 0.1) is 12.1 Å². The van der Waals surface area contributed by atoms with Crippen LogP contribution in [0.25, 0.3) is 0 Å². The standard InChI is InChI=1S/C14H15NO/c15-13(11-7-3-1-4-8-11)14(16)12-9-5-2-6-10-12/h1-10,13-14,16H,15H2/t13-,14+/m0/s1. The van der Waals surface area contributed by atoms with Crippen molar-refractivity contribution in [2.45, 2.75) is 12.1 Å². The van der Waals surface area contributed by atoms with Gasteiger partial charge in [-0.3, -0.25) is 0 Å². The minimum Gasteiger partial charge on any atom is -0.386 e. The number of aliphatic hydroxyl groups is 1. The third kappa shape index (κ3) is 2.30. The minimum atomic E-state index is -0.663. The highest BCUT2D eigenvalue weighted by Gasteiger charge is 2.17. The highest BCUT2D eigenvalue weighted by molar-refractivity contribution is 5.25. The summed E-state index contributed by atoms with van der Waals surface area (Å²) in [4.78, 5) is 0. The van der Waals surface area contributed by atoms with E-state index in [1.54, 1.807) is 0 Å². The lowest BCUT2D eigenvalue weighted by Gasteiger charge is -2.19. The fourth-order valence-corrected chi connectivity index (χ4v) is 1.72. The van der Waals surface area contributed by atoms with Gasteiger partial charge in [0.2, 0.25) is 0 Å². The van der Waals surface area contributed by atoms with E-state index in [2.05, 4.69) is 0 Å². The molecular formula is C14H15NO. The van der Waals surface area contributed by atoms with Gasteiger partial charge in [-0.1, -0.05) is 60.7 Å². The van der Waals surface area contributed by atoms with Gasteiger partial charge in [-0.2, -0.15) is 0 Å². The zero-order valence-corrected chi connectivity index (χ0v) is 8.95. The van der Waals surface area contributed by atoms with Gasteiger partial charge in [-0.05, 0) is 11.1 Å². The molecule has 0 unspecified atom stereocenters. The van der Waals surface area contributed by atoms with Crippen LogP contribution in [0, 0.1) is 0 Å². The lowest BCUT2D eigenvalue weighted by Crippen LogP contribution is -2.19. The molecule has 2 aromatic carbocycles. The number of hydrogen-bond donors (Lipinski definition) is 2. The van der Waals surface area contributed by atoms with E-state index in [4.69, 9.17) is 5.73 Å². The molecule has 0 heterocycles. The maximum atomic E-state index is 10.1. The van der Waals surface area contributed by atoms with E-state index in [1.165, 1.54) is 0 Å². The third-order valence-electron chi connectivity index (χ3n) is 2.67. The van der Waals surface area contributed by atoms with Crippen LogP contribution < -0.4 is 5.73 Å². The summed E-state index contributed by atoms with van der Waals surface area (Å²) in [7, 11) is 0. The number of rotatable bonds is 3. The van der Waals surface area contributed by atoms with Crippen LogP contribution in [0.15, 0.2) is 60.7 Å². The Labute approximate surface area is 95.4 Å². The summed E-state index contributed by atoms with van der Waals surface area (Å²) in [6, 6.07) is 18.7. The van der Waals surface area contributed by atoms with E-state index >= 15 is 0 Å². The minimum absolute atomic E-state index is 0.386. The summed E-state index contributed by atoms with van der Waals surface area (Å²) in [6.45, 7) is 0. The topological polar surface area (TPSA) is 46.2 Å². The molecule has 0 fully saturated rings. The van der Waals surface area contributed by atoms with E-state index < -0.39 is 6.10 Å². The number of aliphatic hydroxyl groups excluding tert-OH is 1. The van der Waals surface area contributed by atoms with Crippen LogP contribution in [0.1, 0.15) is 23.3 Å². The molecule has 2 atom stereocenters. The molecule has 0 bridgehead atoms. The first kappa shape index (κ1) is 10.9. The predicted octanol–water partition coefficient (Wildman–Crippen LogP) is 2.42. The van der Waals surface area contributed by atoms with Crippen LogP contribution in [0.5, 0.6) is 0 Å². The SMILES string of the molecule is N[C@@H](c1ccccc1)[C@H](O)c1ccccc1. The molecule has 82 valence electrons. The van der Waals surface area contributed by atoms with Crippen molar-refractivity contribution in [1.82, 2.24) is 0 Å². The van der Waals surface area contributed by atoms with E-state index in [1.807, 2.05) is 60.7 Å². The summed E-state index contributed by atoms with van der Waals surface area (Å²) in [5, 5.41) is 10.1. The Balaban J connectivity index is 2.20. The van der Waals surface area contributed by atoms with Crippen LogP contribution in [0.4, 0.5) is 0 Å². The van der Waals surface area contributed by atoms with E-state index in [0.29, 0.717) is 0 Å². The van der Waals surface area contributed by atoms with Crippen LogP contribution in [0.2, 0.25) is 0 Å². The van der Waals surface area contributed by atoms with Crippen molar-refractivity contribution in [2.24, 2.45) is 5.73 Å². The predicted molar refractivity (Wildman–Crippen MR) is 64.8 cm³/mol. The quantitative estimate of drug-likeness (QED) is 0.822. The molecule has 0 aliphatic carbocycles. The highest BCUT2D eigenvalue weighted by Crippen LogP contribution is 2.25. The second kappa shape index (κ2) is 4.92. The molecule has 0 aliphatic rings. The maximum absolute atomic E-state index is 10.1. The van der Waals surface area contributed by atoms with Crippen molar-refractivity contribution in [3.63, 3.8) is 0 Å². The third-order valence-corrected chi connectivity index (χ3v) is 2.67. The summed E-state index contributed by atoms with van der Waals surface area (Å²) in [6.07, 6.45) is -0.663. The first-order chi connectivity index (χ1) is 7.79. The largest absolute Gasteiger partial charge is 0.386 e. The van der Waals surface area contributed by atoms with E-state index in [0.717, 1.165) is 11.1 Å². The zero-order chi connectivity index (χ0) is 11.4. The monoisotopic (exact) mass is 213 g/mol. The Morgan fingerprint density at radius 2 is 1.19 bits per heavy atom. The van der Waals surface area contributed by atoms with Gasteiger partial charge < -0.3 is 10.8 Å². The van der Waals surface area contributed by atoms with Crippen molar-refractivity contribution in [2.75, 3.05) is 0 Å². The molecule has 0 spiro atoms. The fourth-order valence-electron chi connectivity index (χ4n) is 1.72. The molecule has 0 saturated carbocycles. The second-order valence-electron chi connectivity index (χ2n) is 3.79. The number of nitrogens with two attached hydrogens (primary N) is 1. The van der Waals surface area contributed by atoms with Crippen LogP contribution in [-0.2, 0) is 0 Å². The molecule has 0 amide bonds. The molecule has 3 N–H and O–H groups in total. The Bertz CT molecular complexity index is 384. The Morgan fingerprint density at radius 3 is 1.69 bits per heavy atom. The van der Waals surface area contributed by atoms with Gasteiger partial charge in [0, 0.05) is 0 Å². The van der Waals surface area contributed by atoms with Crippen LogP contribution in [0.3, 0.4) is 0 Å². The normalized spacial score (nSPS) is 14.4. The van der Waals surface area contributed by atoms with Gasteiger partial charge in [-0.15, -0.1) is 0 Å². The average molecular weight is 213 g/mol. The molecule has 2 nitrogen and oxygen atoms in total. The Morgan fingerprint density at radius 1 is 0.750 bits per heavy atom.